The lowest BCUT2D eigenvalue weighted by Gasteiger charge is -2.43. The minimum Gasteiger partial charge on any atom is -0.375 e. The van der Waals surface area contributed by atoms with Crippen molar-refractivity contribution in [3.8, 4) is 0 Å². The summed E-state index contributed by atoms with van der Waals surface area (Å²) in [5.41, 5.74) is -0.0431. The van der Waals surface area contributed by atoms with Crippen LogP contribution in [0.2, 0.25) is 0 Å². The largest absolute Gasteiger partial charge is 0.375 e. The molecule has 0 N–H and O–H groups in total. The van der Waals surface area contributed by atoms with Crippen molar-refractivity contribution in [1.82, 2.24) is 0 Å². The molecule has 2 atom stereocenters. The van der Waals surface area contributed by atoms with Gasteiger partial charge in [-0.2, -0.15) is 0 Å². The zero-order valence-electron chi connectivity index (χ0n) is 12.7. The average molecular weight is 314 g/mol. The van der Waals surface area contributed by atoms with Crippen LogP contribution in [0.4, 0.5) is 0 Å². The van der Waals surface area contributed by atoms with Crippen LogP contribution in [-0.2, 0) is 19.4 Å². The van der Waals surface area contributed by atoms with Gasteiger partial charge in [-0.3, -0.25) is 4.79 Å². The number of hydrogen-bond acceptors (Lipinski definition) is 4. The van der Waals surface area contributed by atoms with Gasteiger partial charge in [-0.25, -0.2) is 8.42 Å². The number of ketones is 1. The van der Waals surface area contributed by atoms with Crippen molar-refractivity contribution in [2.24, 2.45) is 11.8 Å². The Balaban J connectivity index is 1.57. The van der Waals surface area contributed by atoms with Crippen LogP contribution in [0.15, 0.2) is 0 Å². The number of ether oxygens (including phenoxy) is 1. The summed E-state index contributed by atoms with van der Waals surface area (Å²) in [6.45, 7) is 0.694. The molecule has 21 heavy (non-hydrogen) atoms. The number of Topliss-reactive ketones (excluding diaryl/α,β-unsaturated/α-hetero) is 1. The molecule has 3 aliphatic rings. The third kappa shape index (κ3) is 3.67. The maximum atomic E-state index is 12.5. The third-order valence-electron chi connectivity index (χ3n) is 5.53. The van der Waals surface area contributed by atoms with Crippen LogP contribution in [0.25, 0.3) is 0 Å². The molecule has 4 nitrogen and oxygen atoms in total. The van der Waals surface area contributed by atoms with E-state index in [2.05, 4.69) is 0 Å². The fourth-order valence-electron chi connectivity index (χ4n) is 4.33. The van der Waals surface area contributed by atoms with Gasteiger partial charge in [-0.05, 0) is 38.0 Å². The summed E-state index contributed by atoms with van der Waals surface area (Å²) in [5.74, 6) is 0.925. The molecule has 2 unspecified atom stereocenters. The van der Waals surface area contributed by atoms with Gasteiger partial charge in [0, 0.05) is 18.9 Å². The van der Waals surface area contributed by atoms with Crippen LogP contribution in [0, 0.1) is 11.8 Å². The van der Waals surface area contributed by atoms with E-state index < -0.39 is 9.84 Å². The molecule has 120 valence electrons. The van der Waals surface area contributed by atoms with Crippen molar-refractivity contribution in [3.05, 3.63) is 0 Å². The Hall–Kier alpha value is -0.420. The van der Waals surface area contributed by atoms with E-state index in [1.807, 2.05) is 0 Å². The molecule has 0 amide bonds. The number of carbonyl (C=O) groups is 1. The van der Waals surface area contributed by atoms with Gasteiger partial charge in [0.1, 0.15) is 5.78 Å². The topological polar surface area (TPSA) is 60.4 Å². The van der Waals surface area contributed by atoms with Gasteiger partial charge in [0.15, 0.2) is 9.84 Å². The number of carbonyl (C=O) groups excluding carboxylic acids is 1. The van der Waals surface area contributed by atoms with Crippen LogP contribution < -0.4 is 0 Å². The summed E-state index contributed by atoms with van der Waals surface area (Å²) in [6.07, 6.45) is 8.70. The second-order valence-electron chi connectivity index (χ2n) is 7.22. The summed E-state index contributed by atoms with van der Waals surface area (Å²) < 4.78 is 29.1. The highest BCUT2D eigenvalue weighted by Gasteiger charge is 2.41. The summed E-state index contributed by atoms with van der Waals surface area (Å²) in [4.78, 5) is 12.5. The van der Waals surface area contributed by atoms with Gasteiger partial charge >= 0.3 is 0 Å². The smallest absolute Gasteiger partial charge is 0.150 e. The van der Waals surface area contributed by atoms with E-state index in [0.717, 1.165) is 25.7 Å². The van der Waals surface area contributed by atoms with Crippen molar-refractivity contribution in [3.63, 3.8) is 0 Å². The molecule has 5 heteroatoms. The first-order chi connectivity index (χ1) is 9.98. The van der Waals surface area contributed by atoms with E-state index in [9.17, 15) is 13.2 Å². The number of sulfone groups is 1. The molecular formula is C16H26O4S. The first-order valence-corrected chi connectivity index (χ1v) is 10.2. The predicted octanol–water partition coefficient (Wildman–Crippen LogP) is 2.51. The van der Waals surface area contributed by atoms with E-state index in [-0.39, 0.29) is 34.7 Å². The molecule has 2 saturated heterocycles. The normalized spacial score (nSPS) is 34.9. The zero-order valence-corrected chi connectivity index (χ0v) is 13.5. The standard InChI is InChI=1S/C16H26O4S/c17-15(10-13-5-9-21(18,19)12-13)14-4-8-20-16(11-14)6-2-1-3-7-16/h13-14H,1-12H2. The van der Waals surface area contributed by atoms with Gasteiger partial charge in [-0.15, -0.1) is 0 Å². The second-order valence-corrected chi connectivity index (χ2v) is 9.45. The van der Waals surface area contributed by atoms with Crippen molar-refractivity contribution >= 4 is 15.6 Å². The van der Waals surface area contributed by atoms with Gasteiger partial charge < -0.3 is 4.74 Å². The van der Waals surface area contributed by atoms with E-state index in [0.29, 0.717) is 19.4 Å². The lowest BCUT2D eigenvalue weighted by Crippen LogP contribution is -2.43. The maximum Gasteiger partial charge on any atom is 0.150 e. The zero-order chi connectivity index (χ0) is 14.9. The Kier molecular flexibility index (Phi) is 4.42. The fraction of sp³-hybridized carbons (Fsp3) is 0.938. The van der Waals surface area contributed by atoms with E-state index in [4.69, 9.17) is 4.74 Å². The van der Waals surface area contributed by atoms with Gasteiger partial charge in [-0.1, -0.05) is 19.3 Å². The van der Waals surface area contributed by atoms with Gasteiger partial charge in [0.05, 0.1) is 17.1 Å². The number of rotatable bonds is 3. The number of hydrogen-bond donors (Lipinski definition) is 0. The fourth-order valence-corrected chi connectivity index (χ4v) is 6.19. The Morgan fingerprint density at radius 3 is 2.57 bits per heavy atom. The van der Waals surface area contributed by atoms with E-state index in [1.54, 1.807) is 0 Å². The molecule has 3 rings (SSSR count). The van der Waals surface area contributed by atoms with Gasteiger partial charge in [0.2, 0.25) is 0 Å². The summed E-state index contributed by atoms with van der Waals surface area (Å²) >= 11 is 0. The van der Waals surface area contributed by atoms with Crippen LogP contribution in [-0.4, -0.2) is 37.9 Å². The highest BCUT2D eigenvalue weighted by Crippen LogP contribution is 2.41. The third-order valence-corrected chi connectivity index (χ3v) is 7.37. The molecule has 1 aliphatic carbocycles. The molecule has 1 spiro atoms. The molecule has 0 aromatic carbocycles. The average Bonchev–Trinajstić information content (AvgIpc) is 2.79. The van der Waals surface area contributed by atoms with Crippen LogP contribution in [0.1, 0.15) is 57.8 Å². The maximum absolute atomic E-state index is 12.5. The van der Waals surface area contributed by atoms with E-state index >= 15 is 0 Å². The van der Waals surface area contributed by atoms with Crippen molar-refractivity contribution in [2.75, 3.05) is 18.1 Å². The monoisotopic (exact) mass is 314 g/mol. The summed E-state index contributed by atoms with van der Waals surface area (Å²) in [7, 11) is -2.88. The molecule has 0 aromatic rings. The quantitative estimate of drug-likeness (QED) is 0.803. The lowest BCUT2D eigenvalue weighted by molar-refractivity contribution is -0.143. The van der Waals surface area contributed by atoms with Crippen molar-refractivity contribution in [2.45, 2.75) is 63.4 Å². The molecule has 3 fully saturated rings. The predicted molar refractivity (Wildman–Crippen MR) is 80.9 cm³/mol. The molecule has 2 aliphatic heterocycles. The molecule has 0 radical (unpaired) electrons. The first-order valence-electron chi connectivity index (χ1n) is 8.35. The molecule has 1 saturated carbocycles. The first kappa shape index (κ1) is 15.5. The molecule has 2 heterocycles. The van der Waals surface area contributed by atoms with Gasteiger partial charge in [0.25, 0.3) is 0 Å². The Labute approximate surface area is 127 Å². The Morgan fingerprint density at radius 1 is 1.14 bits per heavy atom. The summed E-state index contributed by atoms with van der Waals surface area (Å²) in [5, 5.41) is 0. The molecule has 0 bridgehead atoms. The van der Waals surface area contributed by atoms with Crippen LogP contribution in [0.5, 0.6) is 0 Å². The highest BCUT2D eigenvalue weighted by atomic mass is 32.2. The van der Waals surface area contributed by atoms with Crippen molar-refractivity contribution in [1.29, 1.82) is 0 Å². The van der Waals surface area contributed by atoms with Crippen molar-refractivity contribution < 1.29 is 17.9 Å². The Morgan fingerprint density at radius 2 is 1.90 bits per heavy atom. The minimum atomic E-state index is -2.88. The molecule has 0 aromatic heterocycles. The highest BCUT2D eigenvalue weighted by molar-refractivity contribution is 7.91. The van der Waals surface area contributed by atoms with E-state index in [1.165, 1.54) is 19.3 Å². The van der Waals surface area contributed by atoms with Crippen LogP contribution in [0.3, 0.4) is 0 Å². The SMILES string of the molecule is O=C(CC1CCS(=O)(=O)C1)C1CCOC2(CCCCC2)C1. The lowest BCUT2D eigenvalue weighted by atomic mass is 9.74. The second kappa shape index (κ2) is 5.99. The Bertz CT molecular complexity index is 485. The summed E-state index contributed by atoms with van der Waals surface area (Å²) in [6, 6.07) is 0. The molecular weight excluding hydrogens is 288 g/mol. The minimum absolute atomic E-state index is 0.0431. The van der Waals surface area contributed by atoms with Crippen LogP contribution >= 0.6 is 0 Å².